The van der Waals surface area contributed by atoms with E-state index in [0.29, 0.717) is 5.02 Å². The van der Waals surface area contributed by atoms with Gasteiger partial charge in [0, 0.05) is 43.8 Å². The summed E-state index contributed by atoms with van der Waals surface area (Å²) in [5, 5.41) is 11.0. The minimum Gasteiger partial charge on any atom is -0.387 e. The van der Waals surface area contributed by atoms with Crippen molar-refractivity contribution in [2.24, 2.45) is 0 Å². The lowest BCUT2D eigenvalue weighted by atomic mass is 10.1. The molecule has 1 aromatic carbocycles. The molecule has 3 rings (SSSR count). The van der Waals surface area contributed by atoms with E-state index in [-0.39, 0.29) is 0 Å². The summed E-state index contributed by atoms with van der Waals surface area (Å²) in [4.78, 5) is 4.95. The normalized spacial score (nSPS) is 23.5. The van der Waals surface area contributed by atoms with Crippen LogP contribution < -0.4 is 0 Å². The number of rotatable bonds is 4. The van der Waals surface area contributed by atoms with Crippen LogP contribution in [0.3, 0.4) is 0 Å². The molecule has 3 nitrogen and oxygen atoms in total. The maximum atomic E-state index is 10.3. The van der Waals surface area contributed by atoms with E-state index < -0.39 is 6.10 Å². The van der Waals surface area contributed by atoms with E-state index in [9.17, 15) is 5.11 Å². The smallest absolute Gasteiger partial charge is 0.0916 e. The molecule has 2 fully saturated rings. The Hall–Kier alpha value is -0.610. The number of aliphatic hydroxyl groups excluding tert-OH is 1. The highest BCUT2D eigenvalue weighted by Crippen LogP contribution is 2.27. The van der Waals surface area contributed by atoms with Crippen molar-refractivity contribution in [2.75, 3.05) is 32.7 Å². The number of benzene rings is 1. The summed E-state index contributed by atoms with van der Waals surface area (Å²) in [6, 6.07) is 8.36. The molecule has 2 aliphatic rings. The number of aliphatic hydroxyl groups is 1. The van der Waals surface area contributed by atoms with Crippen LogP contribution in [0.2, 0.25) is 5.02 Å². The van der Waals surface area contributed by atoms with Crippen molar-refractivity contribution in [1.82, 2.24) is 9.80 Å². The minimum absolute atomic E-state index is 0.412. The lowest BCUT2D eigenvalue weighted by molar-refractivity contribution is 0.0700. The third kappa shape index (κ3) is 3.48. The Morgan fingerprint density at radius 3 is 2.32 bits per heavy atom. The zero-order chi connectivity index (χ0) is 13.2. The zero-order valence-electron chi connectivity index (χ0n) is 11.1. The Kier molecular flexibility index (Phi) is 4.08. The average Bonchev–Trinajstić information content (AvgIpc) is 3.25. The fraction of sp³-hybridized carbons (Fsp3) is 0.600. The van der Waals surface area contributed by atoms with E-state index in [4.69, 9.17) is 11.6 Å². The van der Waals surface area contributed by atoms with Crippen LogP contribution in [0.5, 0.6) is 0 Å². The van der Waals surface area contributed by atoms with Crippen molar-refractivity contribution >= 4 is 11.6 Å². The summed E-state index contributed by atoms with van der Waals surface area (Å²) < 4.78 is 0. The predicted octanol–water partition coefficient (Wildman–Crippen LogP) is 2.15. The Labute approximate surface area is 119 Å². The second-order valence-corrected chi connectivity index (χ2v) is 6.07. The molecule has 104 valence electrons. The highest BCUT2D eigenvalue weighted by atomic mass is 35.5. The van der Waals surface area contributed by atoms with Gasteiger partial charge in [-0.15, -0.1) is 0 Å². The quantitative estimate of drug-likeness (QED) is 0.916. The first-order valence-electron chi connectivity index (χ1n) is 7.12. The molecule has 1 saturated carbocycles. The first kappa shape index (κ1) is 13.4. The largest absolute Gasteiger partial charge is 0.387 e. The molecule has 1 aromatic rings. The predicted molar refractivity (Wildman–Crippen MR) is 77.4 cm³/mol. The Balaban J connectivity index is 1.49. The van der Waals surface area contributed by atoms with Crippen molar-refractivity contribution in [3.8, 4) is 0 Å². The van der Waals surface area contributed by atoms with Gasteiger partial charge in [0.05, 0.1) is 6.10 Å². The number of hydrogen-bond acceptors (Lipinski definition) is 3. The molecule has 0 spiro atoms. The van der Waals surface area contributed by atoms with Crippen LogP contribution in [0.15, 0.2) is 24.3 Å². The highest BCUT2D eigenvalue weighted by Gasteiger charge is 2.31. The molecule has 1 aliphatic carbocycles. The summed E-state index contributed by atoms with van der Waals surface area (Å²) in [6.45, 7) is 5.17. The molecule has 1 aliphatic heterocycles. The SMILES string of the molecule is OC(CN1CCN(C2CC2)CC1)c1ccc(Cl)cc1. The number of β-amino-alcohol motifs (C(OH)–C–C–N with tert-alkyl or cyclic N) is 1. The number of piperazine rings is 1. The second-order valence-electron chi connectivity index (χ2n) is 5.64. The van der Waals surface area contributed by atoms with Gasteiger partial charge in [-0.1, -0.05) is 23.7 Å². The fourth-order valence-electron chi connectivity index (χ4n) is 2.79. The summed E-state index contributed by atoms with van der Waals surface area (Å²) in [5.74, 6) is 0. The molecule has 1 heterocycles. The monoisotopic (exact) mass is 280 g/mol. The summed E-state index contributed by atoms with van der Waals surface area (Å²) >= 11 is 5.86. The third-order valence-electron chi connectivity index (χ3n) is 4.16. The van der Waals surface area contributed by atoms with E-state index in [1.165, 1.54) is 12.8 Å². The molecule has 1 saturated heterocycles. The van der Waals surface area contributed by atoms with Gasteiger partial charge in [-0.3, -0.25) is 9.80 Å². The van der Waals surface area contributed by atoms with Gasteiger partial charge in [-0.05, 0) is 30.5 Å². The number of hydrogen-bond donors (Lipinski definition) is 1. The van der Waals surface area contributed by atoms with Gasteiger partial charge in [-0.2, -0.15) is 0 Å². The first-order chi connectivity index (χ1) is 9.22. The average molecular weight is 281 g/mol. The van der Waals surface area contributed by atoms with E-state index in [1.807, 2.05) is 24.3 Å². The van der Waals surface area contributed by atoms with Gasteiger partial charge < -0.3 is 5.11 Å². The standard InChI is InChI=1S/C15H21ClN2O/c16-13-3-1-12(2-4-13)15(19)11-17-7-9-18(10-8-17)14-5-6-14/h1-4,14-15,19H,5-11H2. The van der Waals surface area contributed by atoms with E-state index in [1.54, 1.807) is 0 Å². The molecule has 4 heteroatoms. The van der Waals surface area contributed by atoms with Gasteiger partial charge in [0.2, 0.25) is 0 Å². The van der Waals surface area contributed by atoms with Crippen molar-refractivity contribution in [3.05, 3.63) is 34.9 Å². The van der Waals surface area contributed by atoms with Crippen LogP contribution in [0.4, 0.5) is 0 Å². The molecule has 0 aromatic heterocycles. The van der Waals surface area contributed by atoms with Crippen LogP contribution in [0.1, 0.15) is 24.5 Å². The van der Waals surface area contributed by atoms with E-state index >= 15 is 0 Å². The van der Waals surface area contributed by atoms with Gasteiger partial charge in [0.15, 0.2) is 0 Å². The summed E-state index contributed by atoms with van der Waals surface area (Å²) in [5.41, 5.74) is 0.953. The molecule has 0 radical (unpaired) electrons. The van der Waals surface area contributed by atoms with Gasteiger partial charge >= 0.3 is 0 Å². The summed E-state index contributed by atoms with van der Waals surface area (Å²) in [6.07, 6.45) is 2.35. The van der Waals surface area contributed by atoms with Crippen molar-refractivity contribution in [1.29, 1.82) is 0 Å². The van der Waals surface area contributed by atoms with Crippen molar-refractivity contribution in [2.45, 2.75) is 25.0 Å². The molecule has 1 unspecified atom stereocenters. The molecule has 1 atom stereocenters. The molecule has 0 bridgehead atoms. The Morgan fingerprint density at radius 1 is 1.11 bits per heavy atom. The van der Waals surface area contributed by atoms with Crippen LogP contribution in [-0.4, -0.2) is 53.7 Å². The molecule has 19 heavy (non-hydrogen) atoms. The van der Waals surface area contributed by atoms with Gasteiger partial charge in [0.25, 0.3) is 0 Å². The van der Waals surface area contributed by atoms with E-state index in [0.717, 1.165) is 44.3 Å². The zero-order valence-corrected chi connectivity index (χ0v) is 11.9. The number of nitrogens with zero attached hydrogens (tertiary/aromatic N) is 2. The summed E-state index contributed by atoms with van der Waals surface area (Å²) in [7, 11) is 0. The molecule has 0 amide bonds. The third-order valence-corrected chi connectivity index (χ3v) is 4.41. The topological polar surface area (TPSA) is 26.7 Å². The van der Waals surface area contributed by atoms with E-state index in [2.05, 4.69) is 9.80 Å². The van der Waals surface area contributed by atoms with Gasteiger partial charge in [-0.25, -0.2) is 0 Å². The lowest BCUT2D eigenvalue weighted by Crippen LogP contribution is -2.48. The van der Waals surface area contributed by atoms with Crippen molar-refractivity contribution < 1.29 is 5.11 Å². The van der Waals surface area contributed by atoms with Crippen molar-refractivity contribution in [3.63, 3.8) is 0 Å². The Bertz CT molecular complexity index is 411. The number of halogens is 1. The second kappa shape index (κ2) is 5.80. The van der Waals surface area contributed by atoms with Crippen LogP contribution in [0, 0.1) is 0 Å². The molecule has 1 N–H and O–H groups in total. The highest BCUT2D eigenvalue weighted by molar-refractivity contribution is 6.30. The molecular weight excluding hydrogens is 260 g/mol. The van der Waals surface area contributed by atoms with Gasteiger partial charge in [0.1, 0.15) is 0 Å². The first-order valence-corrected chi connectivity index (χ1v) is 7.50. The maximum Gasteiger partial charge on any atom is 0.0916 e. The maximum absolute atomic E-state index is 10.3. The fourth-order valence-corrected chi connectivity index (χ4v) is 2.91. The van der Waals surface area contributed by atoms with Crippen LogP contribution in [0.25, 0.3) is 0 Å². The molecular formula is C15H21ClN2O. The van der Waals surface area contributed by atoms with Crippen LogP contribution in [-0.2, 0) is 0 Å². The van der Waals surface area contributed by atoms with Crippen LogP contribution >= 0.6 is 11.6 Å². The lowest BCUT2D eigenvalue weighted by Gasteiger charge is -2.35. The minimum atomic E-state index is -0.412. The Morgan fingerprint density at radius 2 is 1.74 bits per heavy atom.